The smallest absolute Gasteiger partial charge is 0.417 e. The number of imide groups is 1. The number of ether oxygens (including phenoxy) is 2. The molecule has 0 spiro atoms. The van der Waals surface area contributed by atoms with Crippen LogP contribution < -0.4 is 0 Å². The molecule has 2 aliphatic rings. The zero-order chi connectivity index (χ0) is 16.4. The van der Waals surface area contributed by atoms with Crippen LogP contribution in [-0.2, 0) is 9.47 Å². The van der Waals surface area contributed by atoms with Gasteiger partial charge in [0.05, 0.1) is 19.2 Å². The maximum atomic E-state index is 12.5. The normalized spacial score (nSPS) is 23.3. The average Bonchev–Trinajstić information content (AvgIpc) is 2.90. The summed E-state index contributed by atoms with van der Waals surface area (Å²) in [5.74, 6) is -0.368. The average molecular weight is 318 g/mol. The highest BCUT2D eigenvalue weighted by Gasteiger charge is 2.48. The van der Waals surface area contributed by atoms with Crippen LogP contribution in [0.1, 0.15) is 23.7 Å². The molecule has 0 N–H and O–H groups in total. The summed E-state index contributed by atoms with van der Waals surface area (Å²) in [5, 5.41) is 0. The van der Waals surface area contributed by atoms with E-state index in [9.17, 15) is 14.4 Å². The zero-order valence-corrected chi connectivity index (χ0v) is 12.8. The lowest BCUT2D eigenvalue weighted by Crippen LogP contribution is -2.52. The third-order valence-corrected chi connectivity index (χ3v) is 4.07. The van der Waals surface area contributed by atoms with Crippen molar-refractivity contribution < 1.29 is 23.9 Å². The lowest BCUT2D eigenvalue weighted by molar-refractivity contribution is 0.0472. The second-order valence-electron chi connectivity index (χ2n) is 5.46. The largest absolute Gasteiger partial charge is 0.450 e. The van der Waals surface area contributed by atoms with Crippen LogP contribution in [0, 0.1) is 0 Å². The molecule has 0 bridgehead atoms. The van der Waals surface area contributed by atoms with Crippen LogP contribution in [0.25, 0.3) is 0 Å². The van der Waals surface area contributed by atoms with Gasteiger partial charge in [-0.2, -0.15) is 0 Å². The number of fused-ring (bicyclic) bond motifs is 1. The van der Waals surface area contributed by atoms with E-state index in [-0.39, 0.29) is 18.5 Å². The predicted octanol–water partition coefficient (Wildman–Crippen LogP) is 1.88. The number of piperidine rings is 1. The first-order chi connectivity index (χ1) is 11.1. The molecule has 0 aliphatic carbocycles. The number of hydrogen-bond donors (Lipinski definition) is 0. The summed E-state index contributed by atoms with van der Waals surface area (Å²) >= 11 is 0. The van der Waals surface area contributed by atoms with Gasteiger partial charge >= 0.3 is 12.2 Å². The number of carbonyl (C=O) groups excluding carboxylic acids is 3. The lowest BCUT2D eigenvalue weighted by atomic mass is 10.0. The Labute approximate surface area is 133 Å². The lowest BCUT2D eigenvalue weighted by Gasteiger charge is -2.34. The number of likely N-dealkylation sites (tertiary alicyclic amines) is 1. The first-order valence-corrected chi connectivity index (χ1v) is 7.62. The van der Waals surface area contributed by atoms with E-state index in [1.54, 1.807) is 37.3 Å². The van der Waals surface area contributed by atoms with Gasteiger partial charge in [-0.3, -0.25) is 4.79 Å². The molecule has 2 atom stereocenters. The molecule has 0 radical (unpaired) electrons. The highest BCUT2D eigenvalue weighted by atomic mass is 16.6. The first kappa shape index (κ1) is 15.3. The van der Waals surface area contributed by atoms with Gasteiger partial charge in [-0.25, -0.2) is 14.5 Å². The molecule has 1 aromatic carbocycles. The maximum absolute atomic E-state index is 12.5. The maximum Gasteiger partial charge on any atom is 0.417 e. The van der Waals surface area contributed by atoms with Crippen LogP contribution in [0.15, 0.2) is 30.3 Å². The van der Waals surface area contributed by atoms with Crippen LogP contribution in [0.4, 0.5) is 9.59 Å². The van der Waals surface area contributed by atoms with E-state index in [0.717, 1.165) is 0 Å². The Morgan fingerprint density at radius 1 is 1.30 bits per heavy atom. The fourth-order valence-corrected chi connectivity index (χ4v) is 2.97. The van der Waals surface area contributed by atoms with Crippen molar-refractivity contribution in [3.05, 3.63) is 35.9 Å². The van der Waals surface area contributed by atoms with Crippen molar-refractivity contribution in [3.63, 3.8) is 0 Å². The van der Waals surface area contributed by atoms with Gasteiger partial charge in [-0.1, -0.05) is 18.2 Å². The minimum Gasteiger partial charge on any atom is -0.450 e. The molecule has 2 heterocycles. The van der Waals surface area contributed by atoms with Crippen molar-refractivity contribution in [1.82, 2.24) is 9.80 Å². The molecule has 2 fully saturated rings. The molecule has 23 heavy (non-hydrogen) atoms. The zero-order valence-electron chi connectivity index (χ0n) is 12.8. The standard InChI is InChI=1S/C16H18N2O5/c1-2-22-15(20)17-9-8-12-13(10-17)23-16(21)18(12)14(19)11-6-4-3-5-7-11/h3-7,12-13H,2,8-10H2,1H3/t12-,13+/m0/s1. The van der Waals surface area contributed by atoms with Gasteiger partial charge in [0.15, 0.2) is 0 Å². The Bertz CT molecular complexity index is 618. The van der Waals surface area contributed by atoms with E-state index in [1.165, 1.54) is 9.80 Å². The molecule has 122 valence electrons. The van der Waals surface area contributed by atoms with Crippen LogP contribution in [0.2, 0.25) is 0 Å². The third-order valence-electron chi connectivity index (χ3n) is 4.07. The minimum absolute atomic E-state index is 0.244. The minimum atomic E-state index is -0.653. The molecular formula is C16H18N2O5. The molecule has 7 nitrogen and oxygen atoms in total. The number of carbonyl (C=O) groups is 3. The Balaban J connectivity index is 1.73. The molecule has 0 unspecified atom stereocenters. The Morgan fingerprint density at radius 3 is 2.74 bits per heavy atom. The number of nitrogens with zero attached hydrogens (tertiary/aromatic N) is 2. The monoisotopic (exact) mass is 318 g/mol. The fraction of sp³-hybridized carbons (Fsp3) is 0.438. The van der Waals surface area contributed by atoms with Crippen LogP contribution in [0.5, 0.6) is 0 Å². The summed E-state index contributed by atoms with van der Waals surface area (Å²) in [6.45, 7) is 2.70. The van der Waals surface area contributed by atoms with Gasteiger partial charge in [0, 0.05) is 12.1 Å². The van der Waals surface area contributed by atoms with Crippen LogP contribution in [0.3, 0.4) is 0 Å². The van der Waals surface area contributed by atoms with E-state index in [2.05, 4.69) is 0 Å². The van der Waals surface area contributed by atoms with Crippen molar-refractivity contribution in [2.75, 3.05) is 19.7 Å². The summed E-state index contributed by atoms with van der Waals surface area (Å²) in [4.78, 5) is 39.1. The molecule has 1 aromatic rings. The van der Waals surface area contributed by atoms with E-state index in [1.807, 2.05) is 0 Å². The van der Waals surface area contributed by atoms with Gasteiger partial charge in [0.1, 0.15) is 6.10 Å². The first-order valence-electron chi connectivity index (χ1n) is 7.62. The third kappa shape index (κ3) is 2.86. The van der Waals surface area contributed by atoms with Crippen molar-refractivity contribution >= 4 is 18.1 Å². The van der Waals surface area contributed by atoms with Crippen LogP contribution >= 0.6 is 0 Å². The number of rotatable bonds is 2. The molecule has 7 heteroatoms. The second kappa shape index (κ2) is 6.28. The molecular weight excluding hydrogens is 300 g/mol. The molecule has 3 rings (SSSR count). The highest BCUT2D eigenvalue weighted by Crippen LogP contribution is 2.29. The predicted molar refractivity (Wildman–Crippen MR) is 79.9 cm³/mol. The number of benzene rings is 1. The van der Waals surface area contributed by atoms with Gasteiger partial charge in [-0.15, -0.1) is 0 Å². The summed E-state index contributed by atoms with van der Waals surface area (Å²) in [7, 11) is 0. The van der Waals surface area contributed by atoms with Crippen molar-refractivity contribution in [2.24, 2.45) is 0 Å². The van der Waals surface area contributed by atoms with Gasteiger partial charge in [0.2, 0.25) is 0 Å². The Hall–Kier alpha value is -2.57. The number of hydrogen-bond acceptors (Lipinski definition) is 5. The molecule has 2 saturated heterocycles. The Morgan fingerprint density at radius 2 is 2.04 bits per heavy atom. The second-order valence-corrected chi connectivity index (χ2v) is 5.46. The van der Waals surface area contributed by atoms with Gasteiger partial charge < -0.3 is 14.4 Å². The molecule has 3 amide bonds. The van der Waals surface area contributed by atoms with E-state index >= 15 is 0 Å². The summed E-state index contributed by atoms with van der Waals surface area (Å²) in [5.41, 5.74) is 0.443. The van der Waals surface area contributed by atoms with Crippen molar-refractivity contribution in [3.8, 4) is 0 Å². The van der Waals surface area contributed by atoms with Crippen LogP contribution in [-0.4, -0.2) is 59.7 Å². The van der Waals surface area contributed by atoms with Gasteiger partial charge in [-0.05, 0) is 25.5 Å². The molecule has 0 saturated carbocycles. The van der Waals surface area contributed by atoms with E-state index in [0.29, 0.717) is 25.1 Å². The number of amides is 3. The fourth-order valence-electron chi connectivity index (χ4n) is 2.97. The summed E-state index contributed by atoms with van der Waals surface area (Å²) in [6, 6.07) is 8.28. The highest BCUT2D eigenvalue weighted by molar-refractivity contribution is 6.04. The summed E-state index contributed by atoms with van der Waals surface area (Å²) < 4.78 is 10.3. The van der Waals surface area contributed by atoms with Crippen molar-refractivity contribution in [2.45, 2.75) is 25.5 Å². The topological polar surface area (TPSA) is 76.2 Å². The SMILES string of the molecule is CCOC(=O)N1CC[C@H]2[C@@H](C1)OC(=O)N2C(=O)c1ccccc1. The van der Waals surface area contributed by atoms with E-state index < -0.39 is 18.3 Å². The van der Waals surface area contributed by atoms with Crippen molar-refractivity contribution in [1.29, 1.82) is 0 Å². The van der Waals surface area contributed by atoms with E-state index in [4.69, 9.17) is 9.47 Å². The van der Waals surface area contributed by atoms with Gasteiger partial charge in [0.25, 0.3) is 5.91 Å². The summed E-state index contributed by atoms with van der Waals surface area (Å²) in [6.07, 6.45) is -1.10. The molecule has 0 aromatic heterocycles. The Kier molecular flexibility index (Phi) is 4.18. The quantitative estimate of drug-likeness (QED) is 0.832. The molecule has 2 aliphatic heterocycles.